The van der Waals surface area contributed by atoms with Gasteiger partial charge in [-0.3, -0.25) is 0 Å². The molecule has 84 valence electrons. The summed E-state index contributed by atoms with van der Waals surface area (Å²) in [6, 6.07) is 7.11. The standard InChI is InChI=1S/C14H7F3/c1-2-9-6-12(16)8-13(17)14(9)10-4-3-5-11(15)7-10/h1,3-8H. The van der Waals surface area contributed by atoms with Gasteiger partial charge in [0.15, 0.2) is 0 Å². The summed E-state index contributed by atoms with van der Waals surface area (Å²) in [5.74, 6) is 0.131. The molecule has 0 radical (unpaired) electrons. The molecule has 0 spiro atoms. The van der Waals surface area contributed by atoms with Gasteiger partial charge in [-0.1, -0.05) is 18.1 Å². The summed E-state index contributed by atoms with van der Waals surface area (Å²) in [7, 11) is 0. The van der Waals surface area contributed by atoms with Crippen LogP contribution in [0, 0.1) is 29.8 Å². The van der Waals surface area contributed by atoms with Crippen LogP contribution < -0.4 is 0 Å². The van der Waals surface area contributed by atoms with E-state index in [1.807, 2.05) is 0 Å². The average molecular weight is 232 g/mol. The van der Waals surface area contributed by atoms with E-state index in [1.54, 1.807) is 0 Å². The fraction of sp³-hybridized carbons (Fsp3) is 0. The molecule has 2 aromatic rings. The van der Waals surface area contributed by atoms with Crippen molar-refractivity contribution in [1.82, 2.24) is 0 Å². The Balaban J connectivity index is 2.71. The van der Waals surface area contributed by atoms with Crippen molar-refractivity contribution in [2.24, 2.45) is 0 Å². The highest BCUT2D eigenvalue weighted by molar-refractivity contribution is 5.71. The molecule has 0 saturated heterocycles. The van der Waals surface area contributed by atoms with Crippen LogP contribution in [0.4, 0.5) is 13.2 Å². The van der Waals surface area contributed by atoms with Gasteiger partial charge in [-0.15, -0.1) is 6.42 Å². The molecule has 0 saturated carbocycles. The summed E-state index contributed by atoms with van der Waals surface area (Å²) >= 11 is 0. The number of hydrogen-bond donors (Lipinski definition) is 0. The number of terminal acetylenes is 1. The summed E-state index contributed by atoms with van der Waals surface area (Å²) in [6.45, 7) is 0. The fourth-order valence-electron chi connectivity index (χ4n) is 1.62. The van der Waals surface area contributed by atoms with Crippen molar-refractivity contribution in [3.63, 3.8) is 0 Å². The predicted octanol–water partition coefficient (Wildman–Crippen LogP) is 3.75. The minimum atomic E-state index is -0.802. The highest BCUT2D eigenvalue weighted by atomic mass is 19.1. The fourth-order valence-corrected chi connectivity index (χ4v) is 1.62. The van der Waals surface area contributed by atoms with Crippen molar-refractivity contribution in [3.05, 3.63) is 59.4 Å². The van der Waals surface area contributed by atoms with Gasteiger partial charge in [0.2, 0.25) is 0 Å². The van der Waals surface area contributed by atoms with E-state index in [-0.39, 0.29) is 16.7 Å². The first-order chi connectivity index (χ1) is 8.11. The maximum absolute atomic E-state index is 13.7. The Bertz CT molecular complexity index is 609. The normalized spacial score (nSPS) is 10.0. The Kier molecular flexibility index (Phi) is 2.88. The second-order valence-electron chi connectivity index (χ2n) is 3.46. The van der Waals surface area contributed by atoms with Gasteiger partial charge in [0.25, 0.3) is 0 Å². The quantitative estimate of drug-likeness (QED) is 0.657. The number of rotatable bonds is 1. The first-order valence-electron chi connectivity index (χ1n) is 4.83. The van der Waals surface area contributed by atoms with Crippen molar-refractivity contribution in [2.75, 3.05) is 0 Å². The largest absolute Gasteiger partial charge is 0.207 e. The van der Waals surface area contributed by atoms with Crippen LogP contribution in [0.2, 0.25) is 0 Å². The van der Waals surface area contributed by atoms with E-state index >= 15 is 0 Å². The van der Waals surface area contributed by atoms with Crippen LogP contribution in [0.1, 0.15) is 5.56 Å². The third kappa shape index (κ3) is 2.16. The van der Waals surface area contributed by atoms with Crippen molar-refractivity contribution < 1.29 is 13.2 Å². The minimum Gasteiger partial charge on any atom is -0.207 e. The zero-order chi connectivity index (χ0) is 12.4. The van der Waals surface area contributed by atoms with Gasteiger partial charge < -0.3 is 0 Å². The molecular weight excluding hydrogens is 225 g/mol. The van der Waals surface area contributed by atoms with Crippen molar-refractivity contribution >= 4 is 0 Å². The Labute approximate surface area is 96.7 Å². The first kappa shape index (κ1) is 11.3. The van der Waals surface area contributed by atoms with E-state index in [4.69, 9.17) is 6.42 Å². The van der Waals surface area contributed by atoms with E-state index in [9.17, 15) is 13.2 Å². The molecule has 3 heteroatoms. The van der Waals surface area contributed by atoms with E-state index < -0.39 is 17.5 Å². The van der Waals surface area contributed by atoms with Crippen molar-refractivity contribution in [3.8, 4) is 23.5 Å². The Morgan fingerprint density at radius 2 is 1.71 bits per heavy atom. The van der Waals surface area contributed by atoms with Gasteiger partial charge in [0, 0.05) is 17.2 Å². The number of halogens is 3. The number of hydrogen-bond acceptors (Lipinski definition) is 0. The lowest BCUT2D eigenvalue weighted by Crippen LogP contribution is -1.92. The molecular formula is C14H7F3. The Morgan fingerprint density at radius 1 is 0.941 bits per heavy atom. The smallest absolute Gasteiger partial charge is 0.135 e. The second-order valence-corrected chi connectivity index (χ2v) is 3.46. The van der Waals surface area contributed by atoms with Crippen LogP contribution in [-0.4, -0.2) is 0 Å². The lowest BCUT2D eigenvalue weighted by molar-refractivity contribution is 0.584. The maximum Gasteiger partial charge on any atom is 0.135 e. The monoisotopic (exact) mass is 232 g/mol. The Hall–Kier alpha value is -2.21. The zero-order valence-corrected chi connectivity index (χ0v) is 8.68. The maximum atomic E-state index is 13.7. The zero-order valence-electron chi connectivity index (χ0n) is 8.68. The highest BCUT2D eigenvalue weighted by Crippen LogP contribution is 2.27. The van der Waals surface area contributed by atoms with E-state index in [0.29, 0.717) is 0 Å². The van der Waals surface area contributed by atoms with Crippen LogP contribution in [0.5, 0.6) is 0 Å². The minimum absolute atomic E-state index is 0.0356. The summed E-state index contributed by atoms with van der Waals surface area (Å²) in [5.41, 5.74) is 0.386. The van der Waals surface area contributed by atoms with Crippen LogP contribution in [0.3, 0.4) is 0 Å². The predicted molar refractivity (Wildman–Crippen MR) is 59.7 cm³/mol. The average Bonchev–Trinajstić information content (AvgIpc) is 2.27. The molecule has 0 fully saturated rings. The van der Waals surface area contributed by atoms with Gasteiger partial charge in [-0.2, -0.15) is 0 Å². The van der Waals surface area contributed by atoms with E-state index in [2.05, 4.69) is 5.92 Å². The molecule has 0 aliphatic heterocycles. The van der Waals surface area contributed by atoms with Crippen LogP contribution in [-0.2, 0) is 0 Å². The summed E-state index contributed by atoms with van der Waals surface area (Å²) in [5, 5.41) is 0. The van der Waals surface area contributed by atoms with Crippen LogP contribution in [0.25, 0.3) is 11.1 Å². The SMILES string of the molecule is C#Cc1cc(F)cc(F)c1-c1cccc(F)c1. The molecule has 0 heterocycles. The van der Waals surface area contributed by atoms with E-state index in [0.717, 1.165) is 18.2 Å². The Morgan fingerprint density at radius 3 is 2.35 bits per heavy atom. The van der Waals surface area contributed by atoms with Gasteiger partial charge >= 0.3 is 0 Å². The number of benzene rings is 2. The van der Waals surface area contributed by atoms with Crippen molar-refractivity contribution in [1.29, 1.82) is 0 Å². The molecule has 0 nitrogen and oxygen atoms in total. The van der Waals surface area contributed by atoms with Crippen LogP contribution in [0.15, 0.2) is 36.4 Å². The van der Waals surface area contributed by atoms with Crippen molar-refractivity contribution in [2.45, 2.75) is 0 Å². The molecule has 0 amide bonds. The lowest BCUT2D eigenvalue weighted by Gasteiger charge is -2.07. The molecule has 0 aliphatic rings. The summed E-state index contributed by atoms with van der Waals surface area (Å²) in [6.07, 6.45) is 5.19. The van der Waals surface area contributed by atoms with Gasteiger partial charge in [0.05, 0.1) is 0 Å². The van der Waals surface area contributed by atoms with Crippen LogP contribution >= 0.6 is 0 Å². The molecule has 17 heavy (non-hydrogen) atoms. The highest BCUT2D eigenvalue weighted by Gasteiger charge is 2.12. The van der Waals surface area contributed by atoms with Gasteiger partial charge in [-0.05, 0) is 23.8 Å². The molecule has 0 unspecified atom stereocenters. The molecule has 0 aliphatic carbocycles. The third-order valence-corrected chi connectivity index (χ3v) is 2.32. The molecule has 0 bridgehead atoms. The molecule has 2 rings (SSSR count). The summed E-state index contributed by atoms with van der Waals surface area (Å²) in [4.78, 5) is 0. The third-order valence-electron chi connectivity index (χ3n) is 2.32. The first-order valence-corrected chi connectivity index (χ1v) is 4.83. The second kappa shape index (κ2) is 4.34. The van der Waals surface area contributed by atoms with Gasteiger partial charge in [-0.25, -0.2) is 13.2 Å². The molecule has 0 N–H and O–H groups in total. The lowest BCUT2D eigenvalue weighted by atomic mass is 9.99. The summed E-state index contributed by atoms with van der Waals surface area (Å²) < 4.78 is 39.7. The molecule has 2 aromatic carbocycles. The van der Waals surface area contributed by atoms with E-state index in [1.165, 1.54) is 18.2 Å². The molecule has 0 atom stereocenters. The molecule has 0 aromatic heterocycles. The topological polar surface area (TPSA) is 0 Å². The van der Waals surface area contributed by atoms with Gasteiger partial charge in [0.1, 0.15) is 17.5 Å².